The van der Waals surface area contributed by atoms with Crippen LogP contribution >= 0.6 is 0 Å². The lowest BCUT2D eigenvalue weighted by molar-refractivity contribution is -0.00634. The number of amides is 2. The van der Waals surface area contributed by atoms with Gasteiger partial charge in [-0.15, -0.1) is 0 Å². The molecule has 3 N–H and O–H groups in total. The van der Waals surface area contributed by atoms with Crippen LogP contribution in [0, 0.1) is 0 Å². The summed E-state index contributed by atoms with van der Waals surface area (Å²) in [5.74, 6) is -0.548. The van der Waals surface area contributed by atoms with Crippen LogP contribution in [0.3, 0.4) is 0 Å². The molecular formula is C16H14N2O4. The summed E-state index contributed by atoms with van der Waals surface area (Å²) in [6, 6.07) is 13.1. The molecule has 1 aliphatic rings. The Morgan fingerprint density at radius 1 is 1.00 bits per heavy atom. The van der Waals surface area contributed by atoms with Gasteiger partial charge in [-0.3, -0.25) is 9.59 Å². The molecule has 112 valence electrons. The van der Waals surface area contributed by atoms with Crippen molar-refractivity contribution in [1.82, 2.24) is 4.90 Å². The summed E-state index contributed by atoms with van der Waals surface area (Å²) in [5.41, 5.74) is 6.74. The SMILES string of the molecule is Nc1ccc(OC[C@@H](O)N2C(=O)c3ccccc3C2=O)cc1. The van der Waals surface area contributed by atoms with Crippen LogP contribution in [0.5, 0.6) is 5.75 Å². The number of carbonyl (C=O) groups excluding carboxylic acids is 2. The summed E-state index contributed by atoms with van der Waals surface area (Å²) in [6.07, 6.45) is -1.36. The Labute approximate surface area is 126 Å². The number of aliphatic hydroxyl groups excluding tert-OH is 1. The van der Waals surface area contributed by atoms with E-state index >= 15 is 0 Å². The van der Waals surface area contributed by atoms with Crippen molar-refractivity contribution in [3.8, 4) is 5.75 Å². The molecule has 0 bridgehead atoms. The molecule has 0 radical (unpaired) electrons. The monoisotopic (exact) mass is 298 g/mol. The zero-order valence-corrected chi connectivity index (χ0v) is 11.6. The van der Waals surface area contributed by atoms with Crippen molar-refractivity contribution in [3.05, 3.63) is 59.7 Å². The van der Waals surface area contributed by atoms with Crippen LogP contribution in [0.1, 0.15) is 20.7 Å². The van der Waals surface area contributed by atoms with Gasteiger partial charge in [0.05, 0.1) is 11.1 Å². The van der Waals surface area contributed by atoms with Gasteiger partial charge in [0.25, 0.3) is 11.8 Å². The number of fused-ring (bicyclic) bond motifs is 1. The Morgan fingerprint density at radius 2 is 1.55 bits per heavy atom. The molecule has 1 aliphatic heterocycles. The van der Waals surface area contributed by atoms with Crippen LogP contribution in [-0.2, 0) is 0 Å². The van der Waals surface area contributed by atoms with E-state index in [1.807, 2.05) is 0 Å². The van der Waals surface area contributed by atoms with Crippen molar-refractivity contribution in [3.63, 3.8) is 0 Å². The molecule has 1 atom stereocenters. The molecular weight excluding hydrogens is 284 g/mol. The number of nitrogen functional groups attached to an aromatic ring is 1. The van der Waals surface area contributed by atoms with Crippen LogP contribution in [0.15, 0.2) is 48.5 Å². The first-order valence-electron chi connectivity index (χ1n) is 6.71. The van der Waals surface area contributed by atoms with E-state index in [1.54, 1.807) is 48.5 Å². The molecule has 0 fully saturated rings. The summed E-state index contributed by atoms with van der Waals surface area (Å²) in [6.45, 7) is -0.213. The van der Waals surface area contributed by atoms with Gasteiger partial charge < -0.3 is 15.6 Å². The van der Waals surface area contributed by atoms with Crippen LogP contribution < -0.4 is 10.5 Å². The first-order chi connectivity index (χ1) is 10.6. The highest BCUT2D eigenvalue weighted by atomic mass is 16.5. The summed E-state index contributed by atoms with van der Waals surface area (Å²) < 4.78 is 5.38. The fourth-order valence-electron chi connectivity index (χ4n) is 2.29. The number of carbonyl (C=O) groups is 2. The fraction of sp³-hybridized carbons (Fsp3) is 0.125. The third-order valence-electron chi connectivity index (χ3n) is 3.40. The molecule has 0 saturated heterocycles. The summed E-state index contributed by atoms with van der Waals surface area (Å²) in [4.78, 5) is 25.2. The lowest BCUT2D eigenvalue weighted by atomic mass is 10.1. The number of nitrogens with zero attached hydrogens (tertiary/aromatic N) is 1. The first-order valence-corrected chi connectivity index (χ1v) is 6.71. The average molecular weight is 298 g/mol. The summed E-state index contributed by atoms with van der Waals surface area (Å²) >= 11 is 0. The van der Waals surface area contributed by atoms with Crippen molar-refractivity contribution in [2.45, 2.75) is 6.23 Å². The Hall–Kier alpha value is -2.86. The largest absolute Gasteiger partial charge is 0.489 e. The van der Waals surface area contributed by atoms with E-state index in [4.69, 9.17) is 10.5 Å². The molecule has 1 heterocycles. The number of nitrogens with two attached hydrogens (primary N) is 1. The quantitative estimate of drug-likeness (QED) is 0.655. The minimum Gasteiger partial charge on any atom is -0.489 e. The van der Waals surface area contributed by atoms with Crippen molar-refractivity contribution in [2.24, 2.45) is 0 Å². The van der Waals surface area contributed by atoms with Gasteiger partial charge in [-0.05, 0) is 36.4 Å². The van der Waals surface area contributed by atoms with Gasteiger partial charge in [0.2, 0.25) is 0 Å². The number of anilines is 1. The Morgan fingerprint density at radius 3 is 2.09 bits per heavy atom. The lowest BCUT2D eigenvalue weighted by Gasteiger charge is -2.21. The van der Waals surface area contributed by atoms with Crippen LogP contribution in [0.2, 0.25) is 0 Å². The zero-order chi connectivity index (χ0) is 15.7. The highest BCUT2D eigenvalue weighted by molar-refractivity contribution is 6.21. The fourth-order valence-corrected chi connectivity index (χ4v) is 2.29. The molecule has 0 aliphatic carbocycles. The van der Waals surface area contributed by atoms with E-state index in [2.05, 4.69) is 0 Å². The van der Waals surface area contributed by atoms with Gasteiger partial charge in [-0.2, -0.15) is 0 Å². The average Bonchev–Trinajstić information content (AvgIpc) is 2.79. The predicted octanol–water partition coefficient (Wildman–Crippen LogP) is 1.26. The van der Waals surface area contributed by atoms with E-state index < -0.39 is 18.0 Å². The maximum absolute atomic E-state index is 12.2. The van der Waals surface area contributed by atoms with Crippen molar-refractivity contribution >= 4 is 17.5 Å². The molecule has 2 aromatic rings. The molecule has 2 aromatic carbocycles. The maximum Gasteiger partial charge on any atom is 0.263 e. The number of hydrogen-bond acceptors (Lipinski definition) is 5. The minimum atomic E-state index is -1.36. The molecule has 6 nitrogen and oxygen atoms in total. The van der Waals surface area contributed by atoms with Gasteiger partial charge in [0.1, 0.15) is 12.4 Å². The Kier molecular flexibility index (Phi) is 3.52. The molecule has 22 heavy (non-hydrogen) atoms. The van der Waals surface area contributed by atoms with Crippen LogP contribution in [-0.4, -0.2) is 34.7 Å². The number of aliphatic hydroxyl groups is 1. The third kappa shape index (κ3) is 2.40. The normalized spacial score (nSPS) is 14.9. The number of hydrogen-bond donors (Lipinski definition) is 2. The van der Waals surface area contributed by atoms with Crippen LogP contribution in [0.25, 0.3) is 0 Å². The molecule has 0 unspecified atom stereocenters. The van der Waals surface area contributed by atoms with Crippen molar-refractivity contribution in [2.75, 3.05) is 12.3 Å². The molecule has 6 heteroatoms. The van der Waals surface area contributed by atoms with Gasteiger partial charge in [0, 0.05) is 5.69 Å². The minimum absolute atomic E-state index is 0.213. The zero-order valence-electron chi connectivity index (χ0n) is 11.6. The standard InChI is InChI=1S/C16H14N2O4/c17-10-5-7-11(8-6-10)22-9-14(19)18-15(20)12-3-1-2-4-13(12)16(18)21/h1-8,14,19H,9,17H2/t14-/m1/s1. The van der Waals surface area contributed by atoms with Gasteiger partial charge in [-0.1, -0.05) is 12.1 Å². The molecule has 0 aromatic heterocycles. The second kappa shape index (κ2) is 5.50. The smallest absolute Gasteiger partial charge is 0.263 e. The molecule has 3 rings (SSSR count). The van der Waals surface area contributed by atoms with E-state index in [0.717, 1.165) is 4.90 Å². The predicted molar refractivity (Wildman–Crippen MR) is 79.3 cm³/mol. The maximum atomic E-state index is 12.2. The number of rotatable bonds is 4. The van der Waals surface area contributed by atoms with Gasteiger partial charge >= 0.3 is 0 Å². The molecule has 0 spiro atoms. The molecule has 2 amide bonds. The Bertz CT molecular complexity index is 692. The highest BCUT2D eigenvalue weighted by Crippen LogP contribution is 2.24. The van der Waals surface area contributed by atoms with E-state index in [9.17, 15) is 14.7 Å². The van der Waals surface area contributed by atoms with E-state index in [1.165, 1.54) is 0 Å². The van der Waals surface area contributed by atoms with Crippen molar-refractivity contribution < 1.29 is 19.4 Å². The summed E-state index contributed by atoms with van der Waals surface area (Å²) in [7, 11) is 0. The number of imide groups is 1. The highest BCUT2D eigenvalue weighted by Gasteiger charge is 2.39. The lowest BCUT2D eigenvalue weighted by Crippen LogP contribution is -2.43. The van der Waals surface area contributed by atoms with Crippen LogP contribution in [0.4, 0.5) is 5.69 Å². The topological polar surface area (TPSA) is 92.9 Å². The van der Waals surface area contributed by atoms with E-state index in [-0.39, 0.29) is 6.61 Å². The third-order valence-corrected chi connectivity index (χ3v) is 3.40. The first kappa shape index (κ1) is 14.1. The summed E-state index contributed by atoms with van der Waals surface area (Å²) in [5, 5.41) is 10.1. The van der Waals surface area contributed by atoms with Gasteiger partial charge in [-0.25, -0.2) is 4.90 Å². The van der Waals surface area contributed by atoms with E-state index in [0.29, 0.717) is 22.6 Å². The van der Waals surface area contributed by atoms with Crippen molar-refractivity contribution in [1.29, 1.82) is 0 Å². The number of ether oxygens (including phenoxy) is 1. The Balaban J connectivity index is 1.71. The second-order valence-electron chi connectivity index (χ2n) is 4.89. The van der Waals surface area contributed by atoms with Gasteiger partial charge in [0.15, 0.2) is 6.23 Å². The molecule has 0 saturated carbocycles. The number of benzene rings is 2. The second-order valence-corrected chi connectivity index (χ2v) is 4.89.